The van der Waals surface area contributed by atoms with Gasteiger partial charge in [-0.1, -0.05) is 29.4 Å². The van der Waals surface area contributed by atoms with Gasteiger partial charge in [0.15, 0.2) is 5.69 Å². The number of amides is 1. The number of aromatic nitrogens is 1. The Labute approximate surface area is 160 Å². The molecule has 28 heavy (non-hydrogen) atoms. The lowest BCUT2D eigenvalue weighted by Crippen LogP contribution is -2.16. The van der Waals surface area contributed by atoms with Crippen LogP contribution in [0.5, 0.6) is 11.5 Å². The van der Waals surface area contributed by atoms with Crippen molar-refractivity contribution < 1.29 is 27.6 Å². The Morgan fingerprint density at radius 3 is 2.64 bits per heavy atom. The van der Waals surface area contributed by atoms with E-state index < -0.39 is 12.5 Å². The van der Waals surface area contributed by atoms with E-state index in [-0.39, 0.29) is 23.7 Å². The number of carbonyl (C=O) groups excluding carboxylic acids is 1. The molecule has 3 rings (SSSR count). The molecule has 0 unspecified atom stereocenters. The maximum Gasteiger partial charge on any atom is 0.387 e. The van der Waals surface area contributed by atoms with Crippen LogP contribution in [-0.4, -0.2) is 17.7 Å². The van der Waals surface area contributed by atoms with Crippen molar-refractivity contribution in [1.29, 1.82) is 0 Å². The number of nitrogens with zero attached hydrogens (tertiary/aromatic N) is 1. The van der Waals surface area contributed by atoms with E-state index in [4.69, 9.17) is 9.26 Å². The first kappa shape index (κ1) is 19.3. The van der Waals surface area contributed by atoms with E-state index in [1.165, 1.54) is 12.1 Å². The molecular weight excluding hydrogens is 370 g/mol. The van der Waals surface area contributed by atoms with Crippen LogP contribution in [0.1, 0.15) is 27.4 Å². The van der Waals surface area contributed by atoms with Gasteiger partial charge in [0.25, 0.3) is 5.91 Å². The highest BCUT2D eigenvalue weighted by Gasteiger charge is 2.22. The summed E-state index contributed by atoms with van der Waals surface area (Å²) in [5.74, 6) is 0.298. The molecule has 0 atom stereocenters. The van der Waals surface area contributed by atoms with Crippen molar-refractivity contribution in [3.8, 4) is 11.5 Å². The quantitative estimate of drug-likeness (QED) is 0.634. The molecule has 0 bridgehead atoms. The number of anilines is 1. The lowest BCUT2D eigenvalue weighted by atomic mass is 10.1. The molecule has 1 amide bonds. The minimum absolute atomic E-state index is 0.0111. The van der Waals surface area contributed by atoms with Gasteiger partial charge in [-0.05, 0) is 43.7 Å². The fraction of sp³-hybridized carbons (Fsp3) is 0.200. The van der Waals surface area contributed by atoms with Crippen LogP contribution in [0.4, 0.5) is 14.5 Å². The molecule has 8 heteroatoms. The van der Waals surface area contributed by atoms with Crippen LogP contribution in [-0.2, 0) is 6.61 Å². The first-order valence-corrected chi connectivity index (χ1v) is 8.44. The molecule has 0 aliphatic carbocycles. The van der Waals surface area contributed by atoms with E-state index in [9.17, 15) is 13.6 Å². The van der Waals surface area contributed by atoms with Crippen molar-refractivity contribution in [2.24, 2.45) is 0 Å². The lowest BCUT2D eigenvalue weighted by molar-refractivity contribution is -0.0494. The summed E-state index contributed by atoms with van der Waals surface area (Å²) in [6.45, 7) is 0.437. The summed E-state index contributed by atoms with van der Waals surface area (Å²) in [7, 11) is 0. The number of benzene rings is 2. The molecule has 0 saturated heterocycles. The fourth-order valence-electron chi connectivity index (χ4n) is 2.52. The Morgan fingerprint density at radius 1 is 1.18 bits per heavy atom. The van der Waals surface area contributed by atoms with Gasteiger partial charge >= 0.3 is 6.61 Å². The first-order valence-electron chi connectivity index (χ1n) is 8.44. The van der Waals surface area contributed by atoms with Gasteiger partial charge in [-0.15, -0.1) is 0 Å². The number of carbonyl (C=O) groups is 1. The zero-order chi connectivity index (χ0) is 20.1. The summed E-state index contributed by atoms with van der Waals surface area (Å²) >= 11 is 0. The molecule has 0 spiro atoms. The largest absolute Gasteiger partial charge is 0.489 e. The third kappa shape index (κ3) is 4.64. The number of hydrogen-bond donors (Lipinski definition) is 1. The minimum atomic E-state index is -3.01. The molecule has 0 saturated carbocycles. The third-order valence-corrected chi connectivity index (χ3v) is 3.93. The van der Waals surface area contributed by atoms with E-state index >= 15 is 0 Å². The first-order chi connectivity index (χ1) is 13.4. The van der Waals surface area contributed by atoms with Gasteiger partial charge in [0, 0.05) is 0 Å². The number of alkyl halides is 2. The van der Waals surface area contributed by atoms with Crippen LogP contribution >= 0.6 is 0 Å². The highest BCUT2D eigenvalue weighted by atomic mass is 19.3. The molecule has 1 N–H and O–H groups in total. The Balaban J connectivity index is 1.78. The highest BCUT2D eigenvalue weighted by Crippen LogP contribution is 2.28. The molecule has 2 aromatic carbocycles. The zero-order valence-electron chi connectivity index (χ0n) is 15.2. The van der Waals surface area contributed by atoms with E-state index in [1.807, 2.05) is 18.2 Å². The van der Waals surface area contributed by atoms with Crippen molar-refractivity contribution >= 4 is 11.6 Å². The van der Waals surface area contributed by atoms with Gasteiger partial charge in [0.1, 0.15) is 23.9 Å². The molecule has 1 heterocycles. The van der Waals surface area contributed by atoms with Crippen molar-refractivity contribution in [1.82, 2.24) is 5.16 Å². The van der Waals surface area contributed by atoms with Crippen LogP contribution in [0, 0.1) is 13.8 Å². The molecule has 0 aliphatic heterocycles. The van der Waals surface area contributed by atoms with Crippen molar-refractivity contribution in [3.63, 3.8) is 0 Å². The number of rotatable bonds is 7. The SMILES string of the molecule is Cc1ccc(NC(=O)c2noc(C)c2COc2ccccc2)c(OC(F)F)c1. The van der Waals surface area contributed by atoms with Crippen molar-refractivity contribution in [3.05, 3.63) is 71.1 Å². The summed E-state index contributed by atoms with van der Waals surface area (Å²) in [6.07, 6.45) is 0. The second-order valence-electron chi connectivity index (χ2n) is 6.00. The topological polar surface area (TPSA) is 73.6 Å². The summed E-state index contributed by atoms with van der Waals surface area (Å²) in [4.78, 5) is 12.7. The maximum atomic E-state index is 12.7. The molecule has 1 aromatic heterocycles. The van der Waals surface area contributed by atoms with Gasteiger partial charge in [0.05, 0.1) is 11.3 Å². The van der Waals surface area contributed by atoms with Gasteiger partial charge in [0.2, 0.25) is 0 Å². The van der Waals surface area contributed by atoms with Crippen LogP contribution in [0.15, 0.2) is 53.1 Å². The van der Waals surface area contributed by atoms with Gasteiger partial charge in [-0.2, -0.15) is 8.78 Å². The van der Waals surface area contributed by atoms with E-state index in [2.05, 4.69) is 15.2 Å². The number of nitrogens with one attached hydrogen (secondary N) is 1. The summed E-state index contributed by atoms with van der Waals surface area (Å²) in [6, 6.07) is 13.6. The van der Waals surface area contributed by atoms with Gasteiger partial charge < -0.3 is 19.3 Å². The Kier molecular flexibility index (Phi) is 5.88. The number of aryl methyl sites for hydroxylation is 2. The summed E-state index contributed by atoms with van der Waals surface area (Å²) in [5.41, 5.74) is 1.29. The average molecular weight is 388 g/mol. The van der Waals surface area contributed by atoms with E-state index in [0.29, 0.717) is 22.6 Å². The molecule has 0 radical (unpaired) electrons. The Hall–Kier alpha value is -3.42. The van der Waals surface area contributed by atoms with Crippen LogP contribution in [0.3, 0.4) is 0 Å². The Bertz CT molecular complexity index is 958. The smallest absolute Gasteiger partial charge is 0.387 e. The second-order valence-corrected chi connectivity index (χ2v) is 6.00. The summed E-state index contributed by atoms with van der Waals surface area (Å²) < 4.78 is 40.5. The monoisotopic (exact) mass is 388 g/mol. The summed E-state index contributed by atoms with van der Waals surface area (Å²) in [5, 5.41) is 6.31. The van der Waals surface area contributed by atoms with Crippen molar-refractivity contribution in [2.45, 2.75) is 27.1 Å². The predicted octanol–water partition coefficient (Wildman–Crippen LogP) is 4.72. The molecular formula is C20H18F2N2O4. The number of ether oxygens (including phenoxy) is 2. The van der Waals surface area contributed by atoms with Crippen LogP contribution in [0.25, 0.3) is 0 Å². The molecule has 0 aliphatic rings. The lowest BCUT2D eigenvalue weighted by Gasteiger charge is -2.12. The molecule has 0 fully saturated rings. The zero-order valence-corrected chi connectivity index (χ0v) is 15.2. The van der Waals surface area contributed by atoms with E-state index in [0.717, 1.165) is 0 Å². The van der Waals surface area contributed by atoms with Crippen LogP contribution in [0.2, 0.25) is 0 Å². The number of para-hydroxylation sites is 1. The predicted molar refractivity (Wildman–Crippen MR) is 97.8 cm³/mol. The third-order valence-electron chi connectivity index (χ3n) is 3.93. The van der Waals surface area contributed by atoms with Gasteiger partial charge in [-0.25, -0.2) is 0 Å². The normalized spacial score (nSPS) is 10.8. The molecule has 6 nitrogen and oxygen atoms in total. The molecule has 146 valence electrons. The van der Waals surface area contributed by atoms with Crippen LogP contribution < -0.4 is 14.8 Å². The number of hydrogen-bond acceptors (Lipinski definition) is 5. The van der Waals surface area contributed by atoms with Gasteiger partial charge in [-0.3, -0.25) is 4.79 Å². The van der Waals surface area contributed by atoms with Crippen molar-refractivity contribution in [2.75, 3.05) is 5.32 Å². The second kappa shape index (κ2) is 8.51. The maximum absolute atomic E-state index is 12.7. The highest BCUT2D eigenvalue weighted by molar-refractivity contribution is 6.04. The molecule has 3 aromatic rings. The fourth-order valence-corrected chi connectivity index (χ4v) is 2.52. The standard InChI is InChI=1S/C20H18F2N2O4/c1-12-8-9-16(17(10-12)27-20(21)22)23-19(25)18-15(13(2)28-24-18)11-26-14-6-4-3-5-7-14/h3-10,20H,11H2,1-2H3,(H,23,25). The average Bonchev–Trinajstić information content (AvgIpc) is 3.03. The Morgan fingerprint density at radius 2 is 1.93 bits per heavy atom. The minimum Gasteiger partial charge on any atom is -0.489 e. The number of halogens is 2. The van der Waals surface area contributed by atoms with E-state index in [1.54, 1.807) is 32.0 Å².